The Hall–Kier alpha value is -1.69. The Labute approximate surface area is 227 Å². The van der Waals surface area contributed by atoms with Gasteiger partial charge >= 0.3 is 16.8 Å². The van der Waals surface area contributed by atoms with Crippen molar-refractivity contribution in [3.63, 3.8) is 0 Å². The van der Waals surface area contributed by atoms with Crippen LogP contribution >= 0.6 is 0 Å². The van der Waals surface area contributed by atoms with Crippen LogP contribution in [0.25, 0.3) is 0 Å². The van der Waals surface area contributed by atoms with Crippen molar-refractivity contribution in [1.29, 1.82) is 0 Å². The van der Waals surface area contributed by atoms with Crippen LogP contribution in [0.5, 0.6) is 0 Å². The summed E-state index contributed by atoms with van der Waals surface area (Å²) in [6.07, 6.45) is 0. The Balaban J connectivity index is 0. The van der Waals surface area contributed by atoms with Gasteiger partial charge in [-0.2, -0.15) is 0 Å². The first-order valence-electron chi connectivity index (χ1n) is 9.98. The molecule has 0 bridgehead atoms. The van der Waals surface area contributed by atoms with E-state index in [1.807, 2.05) is 13.8 Å². The average Bonchev–Trinajstić information content (AvgIpc) is 2.67. The van der Waals surface area contributed by atoms with E-state index in [2.05, 4.69) is 83.1 Å². The van der Waals surface area contributed by atoms with Crippen LogP contribution in [0, 0.1) is 34.6 Å². The van der Waals surface area contributed by atoms with Crippen LogP contribution < -0.4 is 37.2 Å². The maximum Gasteiger partial charge on any atom is 3.00 e. The minimum Gasteiger partial charge on any atom is -1.00 e. The fourth-order valence-electron chi connectivity index (χ4n) is 3.45. The monoisotopic (exact) mass is 547 g/mol. The molecule has 3 nitrogen and oxygen atoms in total. The zero-order chi connectivity index (χ0) is 21.1. The summed E-state index contributed by atoms with van der Waals surface area (Å²) in [7, 11) is 0. The number of halogens is 3. The van der Waals surface area contributed by atoms with Crippen molar-refractivity contribution >= 4 is 22.8 Å². The molecule has 1 heterocycles. The van der Waals surface area contributed by atoms with E-state index in [-0.39, 0.29) is 54.0 Å². The molecular formula is C26H29Cl3CoN3. The number of rotatable bonds is 4. The number of aliphatic imine (C=N–C) groups is 2. The molecule has 3 rings (SSSR count). The first kappa shape index (κ1) is 33.5. The molecule has 0 saturated heterocycles. The van der Waals surface area contributed by atoms with E-state index in [4.69, 9.17) is 15.0 Å². The molecule has 0 amide bonds. The number of hydrogen-bond acceptors (Lipinski definition) is 3. The summed E-state index contributed by atoms with van der Waals surface area (Å²) in [6, 6.07) is 16.7. The second-order valence-electron chi connectivity index (χ2n) is 7.79. The summed E-state index contributed by atoms with van der Waals surface area (Å²) in [5.41, 5.74) is 11.5. The minimum atomic E-state index is 0. The van der Waals surface area contributed by atoms with E-state index in [0.717, 1.165) is 39.7 Å². The van der Waals surface area contributed by atoms with Crippen molar-refractivity contribution < 1.29 is 54.0 Å². The van der Waals surface area contributed by atoms with Crippen LogP contribution in [0.15, 0.2) is 58.5 Å². The van der Waals surface area contributed by atoms with Crippen molar-refractivity contribution in [3.8, 4) is 0 Å². The Bertz CT molecular complexity index is 1020. The van der Waals surface area contributed by atoms with Gasteiger partial charge in [-0.3, -0.25) is 9.98 Å². The summed E-state index contributed by atoms with van der Waals surface area (Å²) >= 11 is 0. The molecule has 0 aliphatic heterocycles. The molecule has 7 heteroatoms. The Morgan fingerprint density at radius 2 is 0.909 bits per heavy atom. The summed E-state index contributed by atoms with van der Waals surface area (Å²) in [5, 5.41) is 0. The zero-order valence-corrected chi connectivity index (χ0v) is 23.2. The van der Waals surface area contributed by atoms with Gasteiger partial charge in [0.15, 0.2) is 0 Å². The number of benzene rings is 2. The fraction of sp³-hybridized carbons (Fsp3) is 0.269. The third-order valence-corrected chi connectivity index (χ3v) is 5.15. The van der Waals surface area contributed by atoms with Crippen molar-refractivity contribution in [1.82, 2.24) is 4.98 Å². The SMILES string of the molecule is CC(=Nc1c(C)cccc1C)c1cc(C)cc(C(C)=Nc2c(C)cccc2C)n1.[Cl-].[Cl-].[Cl-].[Co+3]. The first-order chi connectivity index (χ1) is 13.8. The van der Waals surface area contributed by atoms with Crippen molar-refractivity contribution in [2.45, 2.75) is 48.5 Å². The quantitative estimate of drug-likeness (QED) is 0.345. The molecule has 3 aromatic rings. The van der Waals surface area contributed by atoms with Crippen LogP contribution in [0.1, 0.15) is 53.1 Å². The molecular weight excluding hydrogens is 520 g/mol. The van der Waals surface area contributed by atoms with E-state index >= 15 is 0 Å². The van der Waals surface area contributed by atoms with Crippen LogP contribution in [0.3, 0.4) is 0 Å². The third-order valence-electron chi connectivity index (χ3n) is 5.15. The molecule has 0 radical (unpaired) electrons. The molecule has 0 spiro atoms. The summed E-state index contributed by atoms with van der Waals surface area (Å²) in [5.74, 6) is 0. The standard InChI is InChI=1S/C26H29N3.3ClH.Co/c1-16-14-23(21(6)27-25-17(2)10-8-11-18(25)3)29-24(15-16)22(7)28-26-19(4)12-9-13-20(26)5;;;;/h8-15H,1-7H3;3*1H;/q;;;;+3/p-3. The second-order valence-corrected chi connectivity index (χ2v) is 7.79. The van der Waals surface area contributed by atoms with E-state index in [0.29, 0.717) is 0 Å². The third kappa shape index (κ3) is 8.23. The van der Waals surface area contributed by atoms with Gasteiger partial charge in [0.2, 0.25) is 0 Å². The van der Waals surface area contributed by atoms with Crippen LogP contribution in [0.2, 0.25) is 0 Å². The summed E-state index contributed by atoms with van der Waals surface area (Å²) < 4.78 is 0. The van der Waals surface area contributed by atoms with E-state index in [1.54, 1.807) is 0 Å². The molecule has 2 aromatic carbocycles. The van der Waals surface area contributed by atoms with Crippen LogP contribution in [-0.4, -0.2) is 16.4 Å². The predicted octanol–water partition coefficient (Wildman–Crippen LogP) is -2.09. The number of para-hydroxylation sites is 2. The topological polar surface area (TPSA) is 37.6 Å². The molecule has 1 aromatic heterocycles. The van der Waals surface area contributed by atoms with Crippen molar-refractivity contribution in [3.05, 3.63) is 87.7 Å². The van der Waals surface area contributed by atoms with Gasteiger partial charge in [0.25, 0.3) is 0 Å². The normalized spacial score (nSPS) is 10.9. The Morgan fingerprint density at radius 3 is 1.21 bits per heavy atom. The Morgan fingerprint density at radius 1 is 0.606 bits per heavy atom. The Kier molecular flexibility index (Phi) is 14.8. The van der Waals surface area contributed by atoms with Crippen molar-refractivity contribution in [2.24, 2.45) is 9.98 Å². The summed E-state index contributed by atoms with van der Waals surface area (Å²) in [6.45, 7) is 14.5. The molecule has 0 aliphatic rings. The molecule has 178 valence electrons. The van der Waals surface area contributed by atoms with Gasteiger partial charge < -0.3 is 37.2 Å². The van der Waals surface area contributed by atoms with E-state index in [9.17, 15) is 0 Å². The zero-order valence-electron chi connectivity index (χ0n) is 19.9. The van der Waals surface area contributed by atoms with Crippen LogP contribution in [0.4, 0.5) is 11.4 Å². The predicted molar refractivity (Wildman–Crippen MR) is 125 cm³/mol. The molecule has 0 unspecified atom stereocenters. The molecule has 33 heavy (non-hydrogen) atoms. The average molecular weight is 549 g/mol. The smallest absolute Gasteiger partial charge is 1.00 e. The van der Waals surface area contributed by atoms with Gasteiger partial charge in [0.05, 0.1) is 34.2 Å². The number of hydrogen-bond donors (Lipinski definition) is 0. The molecule has 0 saturated carbocycles. The first-order valence-corrected chi connectivity index (χ1v) is 9.98. The molecule has 0 N–H and O–H groups in total. The minimum absolute atomic E-state index is 0. The molecule has 0 fully saturated rings. The van der Waals surface area contributed by atoms with E-state index < -0.39 is 0 Å². The number of aryl methyl sites for hydroxylation is 5. The largest absolute Gasteiger partial charge is 3.00 e. The fourth-order valence-corrected chi connectivity index (χ4v) is 3.45. The number of nitrogens with zero attached hydrogens (tertiary/aromatic N) is 3. The maximum absolute atomic E-state index is 4.90. The van der Waals surface area contributed by atoms with Gasteiger partial charge in [0.1, 0.15) is 0 Å². The number of pyridine rings is 1. The van der Waals surface area contributed by atoms with Crippen molar-refractivity contribution in [2.75, 3.05) is 0 Å². The van der Waals surface area contributed by atoms with Gasteiger partial charge in [-0.15, -0.1) is 0 Å². The number of aromatic nitrogens is 1. The molecule has 0 atom stereocenters. The second kappa shape index (κ2) is 14.5. The van der Waals surface area contributed by atoms with Gasteiger partial charge in [-0.1, -0.05) is 36.4 Å². The van der Waals surface area contributed by atoms with Gasteiger partial charge in [-0.25, -0.2) is 4.98 Å². The van der Waals surface area contributed by atoms with Gasteiger partial charge in [0, 0.05) is 0 Å². The maximum atomic E-state index is 4.90. The van der Waals surface area contributed by atoms with Gasteiger partial charge in [-0.05, 0) is 88.4 Å². The molecule has 0 aliphatic carbocycles. The van der Waals surface area contributed by atoms with Crippen LogP contribution in [-0.2, 0) is 16.8 Å². The summed E-state index contributed by atoms with van der Waals surface area (Å²) in [4.78, 5) is 14.7. The van der Waals surface area contributed by atoms with E-state index in [1.165, 1.54) is 22.3 Å².